The Morgan fingerprint density at radius 2 is 0.294 bits per heavy atom. The molecule has 0 aliphatic heterocycles. The molecular formula is H12B4CuO12. The van der Waals surface area contributed by atoms with Crippen molar-refractivity contribution in [2.75, 3.05) is 0 Å². The van der Waals surface area contributed by atoms with Crippen molar-refractivity contribution in [2.45, 2.75) is 0 Å². The van der Waals surface area contributed by atoms with Gasteiger partial charge in [-0.1, -0.05) is 0 Å². The fourth-order valence-electron chi connectivity index (χ4n) is 0. The van der Waals surface area contributed by atoms with Crippen LogP contribution in [0.3, 0.4) is 0 Å². The normalized spacial score (nSPS) is 6.35. The second-order valence-corrected chi connectivity index (χ2v) is 1.39. The Balaban J connectivity index is -0.0000000369. The Hall–Kier alpha value is 0.299. The molecule has 0 aromatic heterocycles. The molecule has 0 aromatic carbocycles. The van der Waals surface area contributed by atoms with Crippen LogP contribution in [0.1, 0.15) is 0 Å². The molecule has 0 unspecified atom stereocenters. The van der Waals surface area contributed by atoms with E-state index < -0.39 is 29.3 Å². The molecule has 17 heavy (non-hydrogen) atoms. The van der Waals surface area contributed by atoms with E-state index in [4.69, 9.17) is 60.3 Å². The zero-order valence-corrected chi connectivity index (χ0v) is 8.92. The van der Waals surface area contributed by atoms with Crippen molar-refractivity contribution in [2.24, 2.45) is 0 Å². The molecule has 0 spiro atoms. The fourth-order valence-corrected chi connectivity index (χ4v) is 0. The molecule has 0 saturated heterocycles. The smallest absolute Gasteiger partial charge is 0.402 e. The van der Waals surface area contributed by atoms with Crippen LogP contribution in [0.5, 0.6) is 0 Å². The summed E-state index contributed by atoms with van der Waals surface area (Å²) in [5, 5.41) is 86.0. The minimum Gasteiger partial charge on any atom is -0.402 e. The first-order chi connectivity index (χ1) is 6.93. The Labute approximate surface area is 107 Å². The summed E-state index contributed by atoms with van der Waals surface area (Å²) < 4.78 is 0. The minimum atomic E-state index is -2.17. The number of hydrogen-bond acceptors (Lipinski definition) is 12. The summed E-state index contributed by atoms with van der Waals surface area (Å²) >= 11 is 0. The predicted molar refractivity (Wildman–Crippen MR) is 49.6 cm³/mol. The standard InChI is InChI=1S/4BH3O3.Cu/c4*2-1(3)4;/h4*2-4H;. The molecule has 0 fully saturated rings. The van der Waals surface area contributed by atoms with E-state index in [0.29, 0.717) is 0 Å². The molecule has 17 heteroatoms. The van der Waals surface area contributed by atoms with E-state index in [-0.39, 0.29) is 17.1 Å². The monoisotopic (exact) mass is 311 g/mol. The van der Waals surface area contributed by atoms with Crippen molar-refractivity contribution < 1.29 is 77.4 Å². The maximum absolute atomic E-state index is 7.17. The molecule has 0 rings (SSSR count). The predicted octanol–water partition coefficient (Wildman–Crippen LogP) is -8.21. The third kappa shape index (κ3) is 37200. The van der Waals surface area contributed by atoms with Gasteiger partial charge in [0.05, 0.1) is 0 Å². The Kier molecular flexibility index (Phi) is 45.1. The first-order valence-electron chi connectivity index (χ1n) is 3.10. The van der Waals surface area contributed by atoms with Gasteiger partial charge in [0.1, 0.15) is 0 Å². The molecule has 0 aliphatic rings. The summed E-state index contributed by atoms with van der Waals surface area (Å²) in [5.74, 6) is 0. The maximum Gasteiger partial charge on any atom is 0.631 e. The summed E-state index contributed by atoms with van der Waals surface area (Å²) in [5.41, 5.74) is 0. The molecule has 0 saturated carbocycles. The van der Waals surface area contributed by atoms with Crippen molar-refractivity contribution in [3.05, 3.63) is 0 Å². The maximum atomic E-state index is 7.17. The topological polar surface area (TPSA) is 243 Å². The average molecular weight is 311 g/mol. The molecular weight excluding hydrogens is 299 g/mol. The number of rotatable bonds is 0. The van der Waals surface area contributed by atoms with Crippen molar-refractivity contribution in [1.82, 2.24) is 0 Å². The first-order valence-corrected chi connectivity index (χ1v) is 3.10. The van der Waals surface area contributed by atoms with Gasteiger partial charge in [-0.15, -0.1) is 0 Å². The van der Waals surface area contributed by atoms with Gasteiger partial charge in [0, 0.05) is 17.1 Å². The van der Waals surface area contributed by atoms with Gasteiger partial charge in [0.2, 0.25) is 0 Å². The second kappa shape index (κ2) is 25.2. The molecule has 1 radical (unpaired) electrons. The van der Waals surface area contributed by atoms with Gasteiger partial charge in [0.15, 0.2) is 0 Å². The second-order valence-electron chi connectivity index (χ2n) is 1.39. The van der Waals surface area contributed by atoms with Crippen molar-refractivity contribution in [3.8, 4) is 0 Å². The third-order valence-electron chi connectivity index (χ3n) is 0. The van der Waals surface area contributed by atoms with E-state index in [1.54, 1.807) is 0 Å². The first kappa shape index (κ1) is 30.4. The molecule has 0 aliphatic carbocycles. The molecule has 0 aromatic rings. The summed E-state index contributed by atoms with van der Waals surface area (Å²) in [4.78, 5) is 0. The van der Waals surface area contributed by atoms with Crippen molar-refractivity contribution in [3.63, 3.8) is 0 Å². The van der Waals surface area contributed by atoms with Gasteiger partial charge >= 0.3 is 29.3 Å². The van der Waals surface area contributed by atoms with Crippen molar-refractivity contribution in [1.29, 1.82) is 0 Å². The van der Waals surface area contributed by atoms with Gasteiger partial charge in [0.25, 0.3) is 0 Å². The summed E-state index contributed by atoms with van der Waals surface area (Å²) in [6, 6.07) is 0. The molecule has 0 amide bonds. The van der Waals surface area contributed by atoms with Crippen LogP contribution in [-0.4, -0.2) is 89.6 Å². The van der Waals surface area contributed by atoms with Crippen LogP contribution in [0.4, 0.5) is 0 Å². The van der Waals surface area contributed by atoms with E-state index in [9.17, 15) is 0 Å². The van der Waals surface area contributed by atoms with Gasteiger partial charge < -0.3 is 60.3 Å². The average Bonchev–Trinajstić information content (AvgIpc) is 1.76. The zero-order chi connectivity index (χ0) is 14.3. The van der Waals surface area contributed by atoms with Crippen molar-refractivity contribution >= 4 is 29.3 Å². The Morgan fingerprint density at radius 1 is 0.294 bits per heavy atom. The minimum absolute atomic E-state index is 0. The summed E-state index contributed by atoms with van der Waals surface area (Å²) in [7, 11) is -8.67. The number of hydrogen-bond donors (Lipinski definition) is 12. The molecule has 12 nitrogen and oxygen atoms in total. The largest absolute Gasteiger partial charge is 0.631 e. The molecule has 0 heterocycles. The van der Waals surface area contributed by atoms with Gasteiger partial charge in [-0.2, -0.15) is 0 Å². The van der Waals surface area contributed by atoms with Crippen LogP contribution >= 0.6 is 0 Å². The van der Waals surface area contributed by atoms with E-state index >= 15 is 0 Å². The van der Waals surface area contributed by atoms with E-state index in [0.717, 1.165) is 0 Å². The Bertz CT molecular complexity index is 61.5. The third-order valence-corrected chi connectivity index (χ3v) is 0. The fraction of sp³-hybridized carbons (Fsp3) is 0. The van der Waals surface area contributed by atoms with Crippen LogP contribution in [0.25, 0.3) is 0 Å². The van der Waals surface area contributed by atoms with Gasteiger partial charge in [-0.3, -0.25) is 0 Å². The van der Waals surface area contributed by atoms with Gasteiger partial charge in [-0.25, -0.2) is 0 Å². The molecule has 107 valence electrons. The van der Waals surface area contributed by atoms with E-state index in [1.165, 1.54) is 0 Å². The SMILES string of the molecule is OB(O)O.OB(O)O.OB(O)O.OB(O)O.[Cu]. The van der Waals surface area contributed by atoms with Crippen LogP contribution in [0.2, 0.25) is 0 Å². The van der Waals surface area contributed by atoms with Crippen LogP contribution in [0, 0.1) is 0 Å². The van der Waals surface area contributed by atoms with Crippen LogP contribution in [-0.2, 0) is 17.1 Å². The quantitative estimate of drug-likeness (QED) is 0.186. The van der Waals surface area contributed by atoms with Crippen LogP contribution < -0.4 is 0 Å². The molecule has 0 bridgehead atoms. The van der Waals surface area contributed by atoms with E-state index in [1.807, 2.05) is 0 Å². The van der Waals surface area contributed by atoms with E-state index in [2.05, 4.69) is 0 Å². The summed E-state index contributed by atoms with van der Waals surface area (Å²) in [6.45, 7) is 0. The van der Waals surface area contributed by atoms with Gasteiger partial charge in [-0.05, 0) is 0 Å². The Morgan fingerprint density at radius 3 is 0.294 bits per heavy atom. The van der Waals surface area contributed by atoms with Crippen LogP contribution in [0.15, 0.2) is 0 Å². The zero-order valence-electron chi connectivity index (χ0n) is 7.98. The molecule has 12 N–H and O–H groups in total. The summed E-state index contributed by atoms with van der Waals surface area (Å²) in [6.07, 6.45) is 0. The molecule has 0 atom stereocenters.